The third-order valence-electron chi connectivity index (χ3n) is 3.61. The van der Waals surface area contributed by atoms with Crippen LogP contribution in [0.5, 0.6) is 0 Å². The van der Waals surface area contributed by atoms with Gasteiger partial charge < -0.3 is 9.88 Å². The van der Waals surface area contributed by atoms with Crippen molar-refractivity contribution in [3.63, 3.8) is 0 Å². The zero-order valence-corrected chi connectivity index (χ0v) is 16.9. The van der Waals surface area contributed by atoms with Crippen LogP contribution in [-0.2, 0) is 11.3 Å². The number of carbonyl (C=O) groups excluding carboxylic acids is 1. The molecule has 0 unspecified atom stereocenters. The number of benzene rings is 2. The van der Waals surface area contributed by atoms with Crippen LogP contribution in [0, 0.1) is 9.39 Å². The van der Waals surface area contributed by atoms with Gasteiger partial charge in [0, 0.05) is 15.8 Å². The summed E-state index contributed by atoms with van der Waals surface area (Å²) < 4.78 is 16.9. The van der Waals surface area contributed by atoms with E-state index in [1.807, 2.05) is 31.2 Å². The summed E-state index contributed by atoms with van der Waals surface area (Å²) in [6.45, 7) is 2.52. The van der Waals surface area contributed by atoms with E-state index in [4.69, 9.17) is 0 Å². The van der Waals surface area contributed by atoms with Gasteiger partial charge in [-0.25, -0.2) is 4.39 Å². The Labute approximate surface area is 168 Å². The van der Waals surface area contributed by atoms with Gasteiger partial charge in [0.1, 0.15) is 5.82 Å². The summed E-state index contributed by atoms with van der Waals surface area (Å²) in [4.78, 5) is 12.1. The first-order valence-corrected chi connectivity index (χ1v) is 10.0. The number of nitrogens with one attached hydrogen (secondary N) is 1. The molecule has 0 radical (unpaired) electrons. The highest BCUT2D eigenvalue weighted by atomic mass is 127. The molecule has 1 N–H and O–H groups in total. The van der Waals surface area contributed by atoms with Crippen molar-refractivity contribution in [1.29, 1.82) is 0 Å². The minimum atomic E-state index is -0.345. The Balaban J connectivity index is 1.69. The molecule has 0 aliphatic carbocycles. The molecule has 1 heterocycles. The van der Waals surface area contributed by atoms with E-state index >= 15 is 0 Å². The highest BCUT2D eigenvalue weighted by Gasteiger charge is 2.17. The lowest BCUT2D eigenvalue weighted by molar-refractivity contribution is -0.113. The van der Waals surface area contributed by atoms with Crippen LogP contribution < -0.4 is 5.32 Å². The minimum Gasteiger partial charge on any atom is -0.325 e. The van der Waals surface area contributed by atoms with Crippen LogP contribution in [0.3, 0.4) is 0 Å². The molecule has 0 spiro atoms. The van der Waals surface area contributed by atoms with Crippen molar-refractivity contribution in [3.8, 4) is 11.4 Å². The number of thioether (sulfide) groups is 1. The lowest BCUT2D eigenvalue weighted by atomic mass is 10.2. The Morgan fingerprint density at radius 2 is 1.92 bits per heavy atom. The molecule has 0 aliphatic rings. The predicted molar refractivity (Wildman–Crippen MR) is 110 cm³/mol. The van der Waals surface area contributed by atoms with E-state index in [2.05, 4.69) is 38.1 Å². The summed E-state index contributed by atoms with van der Waals surface area (Å²) in [7, 11) is 0. The second kappa shape index (κ2) is 8.63. The van der Waals surface area contributed by atoms with Gasteiger partial charge in [-0.15, -0.1) is 10.2 Å². The Morgan fingerprint density at radius 1 is 1.19 bits per heavy atom. The molecule has 0 saturated heterocycles. The monoisotopic (exact) mass is 482 g/mol. The average molecular weight is 482 g/mol. The van der Waals surface area contributed by atoms with Gasteiger partial charge >= 0.3 is 0 Å². The topological polar surface area (TPSA) is 59.8 Å². The Kier molecular flexibility index (Phi) is 6.25. The number of anilines is 1. The molecule has 0 fully saturated rings. The third kappa shape index (κ3) is 4.42. The van der Waals surface area contributed by atoms with Crippen LogP contribution in [0.4, 0.5) is 10.1 Å². The van der Waals surface area contributed by atoms with Gasteiger partial charge in [0.25, 0.3) is 0 Å². The molecule has 8 heteroatoms. The van der Waals surface area contributed by atoms with Gasteiger partial charge in [-0.3, -0.25) is 4.79 Å². The van der Waals surface area contributed by atoms with Gasteiger partial charge in [0.05, 0.1) is 11.3 Å². The quantitative estimate of drug-likeness (QED) is 0.417. The Morgan fingerprint density at radius 3 is 2.62 bits per heavy atom. The number of carbonyl (C=O) groups is 1. The zero-order chi connectivity index (χ0) is 18.5. The second-order valence-corrected chi connectivity index (χ2v) is 7.56. The lowest BCUT2D eigenvalue weighted by Gasteiger charge is -2.08. The van der Waals surface area contributed by atoms with Gasteiger partial charge in [-0.1, -0.05) is 23.9 Å². The summed E-state index contributed by atoms with van der Waals surface area (Å²) in [5.41, 5.74) is 1.15. The highest BCUT2D eigenvalue weighted by molar-refractivity contribution is 14.1. The van der Waals surface area contributed by atoms with E-state index in [1.165, 1.54) is 17.8 Å². The molecular formula is C18H16FIN4OS. The molecule has 3 rings (SSSR count). The fourth-order valence-electron chi connectivity index (χ4n) is 2.38. The SMILES string of the molecule is CCn1c(SCC(=O)Nc2ccc(I)cc2)nnc1-c1ccccc1F. The molecule has 3 aromatic rings. The third-order valence-corrected chi connectivity index (χ3v) is 5.29. The maximum absolute atomic E-state index is 14.0. The highest BCUT2D eigenvalue weighted by Crippen LogP contribution is 2.26. The first-order chi connectivity index (χ1) is 12.6. The fraction of sp³-hybridized carbons (Fsp3) is 0.167. The van der Waals surface area contributed by atoms with E-state index < -0.39 is 0 Å². The molecule has 1 amide bonds. The second-order valence-electron chi connectivity index (χ2n) is 5.37. The standard InChI is InChI=1S/C18H16FIN4OS/c1-2-24-17(14-5-3-4-6-15(14)19)22-23-18(24)26-11-16(25)21-13-9-7-12(20)8-10-13/h3-10H,2,11H2,1H3,(H,21,25). The van der Waals surface area contributed by atoms with Gasteiger partial charge in [-0.2, -0.15) is 0 Å². The lowest BCUT2D eigenvalue weighted by Crippen LogP contribution is -2.14. The first kappa shape index (κ1) is 18.8. The molecule has 2 aromatic carbocycles. The van der Waals surface area contributed by atoms with Gasteiger partial charge in [0.15, 0.2) is 11.0 Å². The number of aromatic nitrogens is 3. The summed E-state index contributed by atoms with van der Waals surface area (Å²) in [5, 5.41) is 11.7. The van der Waals surface area contributed by atoms with Crippen molar-refractivity contribution in [3.05, 3.63) is 57.9 Å². The molecule has 0 aliphatic heterocycles. The van der Waals surface area contributed by atoms with E-state index in [0.29, 0.717) is 23.1 Å². The molecule has 1 aromatic heterocycles. The molecule has 26 heavy (non-hydrogen) atoms. The van der Waals surface area contributed by atoms with Gasteiger partial charge in [0.2, 0.25) is 5.91 Å². The average Bonchev–Trinajstić information content (AvgIpc) is 3.05. The number of amides is 1. The largest absolute Gasteiger partial charge is 0.325 e. The molecule has 5 nitrogen and oxygen atoms in total. The number of hydrogen-bond donors (Lipinski definition) is 1. The van der Waals surface area contributed by atoms with E-state index in [9.17, 15) is 9.18 Å². The maximum Gasteiger partial charge on any atom is 0.234 e. The van der Waals surface area contributed by atoms with Crippen LogP contribution in [-0.4, -0.2) is 26.4 Å². The van der Waals surface area contributed by atoms with Crippen molar-refractivity contribution in [2.45, 2.75) is 18.6 Å². The summed E-state index contributed by atoms with van der Waals surface area (Å²) >= 11 is 3.49. The van der Waals surface area contributed by atoms with E-state index in [0.717, 1.165) is 9.26 Å². The maximum atomic E-state index is 14.0. The van der Waals surface area contributed by atoms with Crippen molar-refractivity contribution >= 4 is 45.9 Å². The molecular weight excluding hydrogens is 466 g/mol. The van der Waals surface area contributed by atoms with Gasteiger partial charge in [-0.05, 0) is 65.9 Å². The van der Waals surface area contributed by atoms with Crippen LogP contribution in [0.2, 0.25) is 0 Å². The van der Waals surface area contributed by atoms with Crippen molar-refractivity contribution in [1.82, 2.24) is 14.8 Å². The Hall–Kier alpha value is -1.94. The summed E-state index contributed by atoms with van der Waals surface area (Å²) in [5.74, 6) is 0.185. The minimum absolute atomic E-state index is 0.130. The van der Waals surface area contributed by atoms with Crippen molar-refractivity contribution in [2.24, 2.45) is 0 Å². The summed E-state index contributed by atoms with van der Waals surface area (Å²) in [6.07, 6.45) is 0. The number of nitrogens with zero attached hydrogens (tertiary/aromatic N) is 3. The van der Waals surface area contributed by atoms with Crippen LogP contribution >= 0.6 is 34.4 Å². The van der Waals surface area contributed by atoms with E-state index in [1.54, 1.807) is 22.8 Å². The molecule has 0 saturated carbocycles. The Bertz CT molecular complexity index is 914. The predicted octanol–water partition coefficient (Wildman–Crippen LogP) is 4.44. The zero-order valence-electron chi connectivity index (χ0n) is 13.9. The van der Waals surface area contributed by atoms with Crippen LogP contribution in [0.15, 0.2) is 53.7 Å². The molecule has 134 valence electrons. The molecule has 0 atom stereocenters. The number of halogens is 2. The van der Waals surface area contributed by atoms with Crippen LogP contribution in [0.1, 0.15) is 6.92 Å². The number of hydrogen-bond acceptors (Lipinski definition) is 4. The normalized spacial score (nSPS) is 10.7. The number of rotatable bonds is 6. The molecule has 0 bridgehead atoms. The smallest absolute Gasteiger partial charge is 0.234 e. The van der Waals surface area contributed by atoms with Crippen LogP contribution in [0.25, 0.3) is 11.4 Å². The summed E-state index contributed by atoms with van der Waals surface area (Å²) in [6, 6.07) is 14.0. The first-order valence-electron chi connectivity index (χ1n) is 7.94. The van der Waals surface area contributed by atoms with Crippen molar-refractivity contribution in [2.75, 3.05) is 11.1 Å². The van der Waals surface area contributed by atoms with E-state index in [-0.39, 0.29) is 17.5 Å². The fourth-order valence-corrected chi connectivity index (χ4v) is 3.54. The van der Waals surface area contributed by atoms with Crippen molar-refractivity contribution < 1.29 is 9.18 Å².